The van der Waals surface area contributed by atoms with Crippen LogP contribution in [-0.2, 0) is 13.1 Å². The zero-order valence-corrected chi connectivity index (χ0v) is 12.6. The van der Waals surface area contributed by atoms with E-state index in [9.17, 15) is 5.11 Å². The fourth-order valence-electron chi connectivity index (χ4n) is 2.63. The summed E-state index contributed by atoms with van der Waals surface area (Å²) in [5.74, 6) is 0.628. The van der Waals surface area contributed by atoms with Crippen molar-refractivity contribution in [1.82, 2.24) is 14.7 Å². The van der Waals surface area contributed by atoms with Crippen molar-refractivity contribution in [3.63, 3.8) is 0 Å². The lowest BCUT2D eigenvalue weighted by Gasteiger charge is -2.29. The third kappa shape index (κ3) is 3.78. The maximum Gasteiger partial charge on any atom is 0.288 e. The van der Waals surface area contributed by atoms with Crippen molar-refractivity contribution in [2.75, 3.05) is 13.1 Å². The van der Waals surface area contributed by atoms with Gasteiger partial charge in [-0.05, 0) is 30.6 Å². The third-order valence-electron chi connectivity index (χ3n) is 3.66. The van der Waals surface area contributed by atoms with Crippen molar-refractivity contribution < 1.29 is 9.52 Å². The van der Waals surface area contributed by atoms with E-state index in [1.807, 2.05) is 30.3 Å². The van der Waals surface area contributed by atoms with Crippen LogP contribution in [0.3, 0.4) is 0 Å². The highest BCUT2D eigenvalue weighted by atomic mass is 32.1. The lowest BCUT2D eigenvalue weighted by atomic mass is 10.1. The van der Waals surface area contributed by atoms with Gasteiger partial charge in [-0.2, -0.15) is 0 Å². The van der Waals surface area contributed by atoms with Crippen LogP contribution in [0.4, 0.5) is 0 Å². The Morgan fingerprint density at radius 2 is 2.14 bits per heavy atom. The predicted molar refractivity (Wildman–Crippen MR) is 81.4 cm³/mol. The molecule has 0 unspecified atom stereocenters. The molecule has 5 nitrogen and oxygen atoms in total. The molecule has 3 rings (SSSR count). The lowest BCUT2D eigenvalue weighted by molar-refractivity contribution is 0.0508. The molecule has 2 aromatic rings. The number of nitrogens with zero attached hydrogens (tertiary/aromatic N) is 3. The number of benzene rings is 1. The molecule has 0 amide bonds. The van der Waals surface area contributed by atoms with E-state index in [1.165, 1.54) is 0 Å². The molecule has 1 aliphatic heterocycles. The number of hydrogen-bond donors (Lipinski definition) is 1. The molecule has 0 spiro atoms. The summed E-state index contributed by atoms with van der Waals surface area (Å²) in [5.41, 5.74) is 1.15. The first-order valence-corrected chi connectivity index (χ1v) is 7.63. The standard InChI is InChI=1S/C15H19N3O2S/c19-13-7-4-8-17(10-13)11-18-15(21)20-14(16-18)9-12-5-2-1-3-6-12/h1-3,5-6,13,19H,4,7-11H2/t13-/m0/s1. The van der Waals surface area contributed by atoms with Crippen LogP contribution >= 0.6 is 12.2 Å². The van der Waals surface area contributed by atoms with Gasteiger partial charge < -0.3 is 9.52 Å². The Kier molecular flexibility index (Phi) is 4.48. The molecule has 6 heteroatoms. The largest absolute Gasteiger partial charge is 0.414 e. The summed E-state index contributed by atoms with van der Waals surface area (Å²) < 4.78 is 7.26. The molecular weight excluding hydrogens is 286 g/mol. The number of piperidine rings is 1. The summed E-state index contributed by atoms with van der Waals surface area (Å²) in [6.45, 7) is 2.20. The number of rotatable bonds is 4. The molecule has 1 aliphatic rings. The average molecular weight is 305 g/mol. The average Bonchev–Trinajstić information content (AvgIpc) is 2.80. The second kappa shape index (κ2) is 6.51. The van der Waals surface area contributed by atoms with Gasteiger partial charge in [0.1, 0.15) is 0 Å². The van der Waals surface area contributed by atoms with Crippen LogP contribution in [0.25, 0.3) is 0 Å². The Bertz CT molecular complexity index is 638. The molecule has 0 radical (unpaired) electrons. The van der Waals surface area contributed by atoms with Crippen molar-refractivity contribution in [3.8, 4) is 0 Å². The van der Waals surface area contributed by atoms with Crippen LogP contribution < -0.4 is 0 Å². The van der Waals surface area contributed by atoms with E-state index in [4.69, 9.17) is 16.6 Å². The van der Waals surface area contributed by atoms with Gasteiger partial charge in [0.2, 0.25) is 5.89 Å². The number of aromatic nitrogens is 2. The lowest BCUT2D eigenvalue weighted by Crippen LogP contribution is -2.39. The fraction of sp³-hybridized carbons (Fsp3) is 0.467. The maximum atomic E-state index is 9.71. The van der Waals surface area contributed by atoms with E-state index in [-0.39, 0.29) is 6.10 Å². The van der Waals surface area contributed by atoms with E-state index in [2.05, 4.69) is 10.00 Å². The van der Waals surface area contributed by atoms with E-state index in [0.29, 0.717) is 30.4 Å². The van der Waals surface area contributed by atoms with Gasteiger partial charge in [-0.15, -0.1) is 5.10 Å². The van der Waals surface area contributed by atoms with Crippen LogP contribution in [0.2, 0.25) is 0 Å². The van der Waals surface area contributed by atoms with Gasteiger partial charge in [-0.25, -0.2) is 4.68 Å². The van der Waals surface area contributed by atoms with Crippen LogP contribution in [-0.4, -0.2) is 39.0 Å². The Morgan fingerprint density at radius 1 is 1.33 bits per heavy atom. The maximum absolute atomic E-state index is 9.71. The molecule has 1 fully saturated rings. The van der Waals surface area contributed by atoms with Gasteiger partial charge in [0.05, 0.1) is 19.2 Å². The highest BCUT2D eigenvalue weighted by Crippen LogP contribution is 2.12. The van der Waals surface area contributed by atoms with Crippen LogP contribution in [0.1, 0.15) is 24.3 Å². The molecule has 0 aliphatic carbocycles. The van der Waals surface area contributed by atoms with Crippen LogP contribution in [0.5, 0.6) is 0 Å². The first-order valence-electron chi connectivity index (χ1n) is 7.22. The van der Waals surface area contributed by atoms with E-state index in [1.54, 1.807) is 4.68 Å². The van der Waals surface area contributed by atoms with Crippen molar-refractivity contribution >= 4 is 12.2 Å². The van der Waals surface area contributed by atoms with Crippen molar-refractivity contribution in [2.24, 2.45) is 0 Å². The molecule has 1 aromatic carbocycles. The van der Waals surface area contributed by atoms with E-state index >= 15 is 0 Å². The molecular formula is C15H19N3O2S. The molecule has 112 valence electrons. The summed E-state index contributed by atoms with van der Waals surface area (Å²) in [5, 5.41) is 14.2. The summed E-state index contributed by atoms with van der Waals surface area (Å²) in [7, 11) is 0. The summed E-state index contributed by atoms with van der Waals surface area (Å²) >= 11 is 5.23. The summed E-state index contributed by atoms with van der Waals surface area (Å²) in [4.78, 5) is 2.54. The molecule has 1 atom stereocenters. The molecule has 1 aromatic heterocycles. The minimum absolute atomic E-state index is 0.247. The minimum Gasteiger partial charge on any atom is -0.414 e. The quantitative estimate of drug-likeness (QED) is 0.878. The van der Waals surface area contributed by atoms with Gasteiger partial charge in [0, 0.05) is 13.1 Å². The van der Waals surface area contributed by atoms with Gasteiger partial charge in [-0.1, -0.05) is 30.3 Å². The van der Waals surface area contributed by atoms with E-state index in [0.717, 1.165) is 24.9 Å². The number of hydrogen-bond acceptors (Lipinski definition) is 5. The minimum atomic E-state index is -0.247. The fourth-order valence-corrected chi connectivity index (χ4v) is 2.82. The number of β-amino-alcohol motifs (C(OH)–C–C–N with tert-alkyl or cyclic N) is 1. The zero-order chi connectivity index (χ0) is 14.7. The first kappa shape index (κ1) is 14.4. The second-order valence-electron chi connectivity index (χ2n) is 5.44. The monoisotopic (exact) mass is 305 g/mol. The van der Waals surface area contributed by atoms with Crippen molar-refractivity contribution in [2.45, 2.75) is 32.0 Å². The number of aliphatic hydroxyl groups is 1. The molecule has 21 heavy (non-hydrogen) atoms. The zero-order valence-electron chi connectivity index (χ0n) is 11.8. The van der Waals surface area contributed by atoms with Gasteiger partial charge in [-0.3, -0.25) is 4.90 Å². The van der Waals surface area contributed by atoms with Gasteiger partial charge >= 0.3 is 0 Å². The second-order valence-corrected chi connectivity index (χ2v) is 5.79. The Labute approximate surface area is 128 Å². The third-order valence-corrected chi connectivity index (χ3v) is 3.95. The Morgan fingerprint density at radius 3 is 2.90 bits per heavy atom. The Hall–Kier alpha value is -1.50. The van der Waals surface area contributed by atoms with Crippen LogP contribution in [0, 0.1) is 4.84 Å². The first-order chi connectivity index (χ1) is 10.2. The van der Waals surface area contributed by atoms with Gasteiger partial charge in [0.25, 0.3) is 4.84 Å². The van der Waals surface area contributed by atoms with Crippen LogP contribution in [0.15, 0.2) is 34.7 Å². The van der Waals surface area contributed by atoms with Gasteiger partial charge in [0.15, 0.2) is 0 Å². The number of aliphatic hydroxyl groups excluding tert-OH is 1. The topological polar surface area (TPSA) is 54.4 Å². The molecule has 0 saturated carbocycles. The van der Waals surface area contributed by atoms with E-state index < -0.39 is 0 Å². The number of likely N-dealkylation sites (tertiary alicyclic amines) is 1. The molecule has 1 N–H and O–H groups in total. The smallest absolute Gasteiger partial charge is 0.288 e. The Balaban J connectivity index is 1.68. The molecule has 2 heterocycles. The normalized spacial score (nSPS) is 19.8. The molecule has 1 saturated heterocycles. The highest BCUT2D eigenvalue weighted by Gasteiger charge is 2.19. The predicted octanol–water partition coefficient (Wildman–Crippen LogP) is 2.21. The van der Waals surface area contributed by atoms with Crippen molar-refractivity contribution in [3.05, 3.63) is 46.6 Å². The summed E-state index contributed by atoms with van der Waals surface area (Å²) in [6.07, 6.45) is 2.27. The SMILES string of the molecule is O[C@H]1CCCN(Cn2nc(Cc3ccccc3)oc2=S)C1. The molecule has 0 bridgehead atoms. The summed E-state index contributed by atoms with van der Waals surface area (Å²) in [6, 6.07) is 10.1. The van der Waals surface area contributed by atoms with Crippen molar-refractivity contribution in [1.29, 1.82) is 0 Å². The highest BCUT2D eigenvalue weighted by molar-refractivity contribution is 7.71.